The molecule has 3 nitrogen and oxygen atoms in total. The smallest absolute Gasteiger partial charge is 0.241 e. The van der Waals surface area contributed by atoms with Crippen molar-refractivity contribution in [3.8, 4) is 0 Å². The molecule has 1 aliphatic rings. The van der Waals surface area contributed by atoms with E-state index in [1.165, 1.54) is 5.56 Å². The summed E-state index contributed by atoms with van der Waals surface area (Å²) in [6.45, 7) is 8.50. The Morgan fingerprint density at radius 3 is 2.78 bits per heavy atom. The Hall–Kier alpha value is -0.870. The Bertz CT molecular complexity index is 404. The van der Waals surface area contributed by atoms with E-state index in [-0.39, 0.29) is 24.2 Å². The summed E-state index contributed by atoms with van der Waals surface area (Å²) in [6, 6.07) is 2.29. The number of amides is 1. The third-order valence-corrected chi connectivity index (χ3v) is 4.78. The van der Waals surface area contributed by atoms with E-state index < -0.39 is 0 Å². The third-order valence-electron chi connectivity index (χ3n) is 4.08. The van der Waals surface area contributed by atoms with Gasteiger partial charge in [-0.3, -0.25) is 10.1 Å². The molecule has 1 aliphatic heterocycles. The lowest BCUT2D eigenvalue weighted by Gasteiger charge is -2.33. The zero-order valence-electron chi connectivity index (χ0n) is 11.5. The van der Waals surface area contributed by atoms with Crippen LogP contribution in [0.4, 0.5) is 0 Å². The lowest BCUT2D eigenvalue weighted by Crippen LogP contribution is -2.41. The Morgan fingerprint density at radius 1 is 1.50 bits per heavy atom. The SMILES string of the molecule is CCC(C)C(C)N1C(=O)C(C)NC1c1ccsc1. The maximum absolute atomic E-state index is 12.3. The van der Waals surface area contributed by atoms with Gasteiger partial charge in [0.15, 0.2) is 0 Å². The number of hydrogen-bond donors (Lipinski definition) is 1. The Morgan fingerprint density at radius 2 is 2.22 bits per heavy atom. The highest BCUT2D eigenvalue weighted by Crippen LogP contribution is 2.31. The van der Waals surface area contributed by atoms with Gasteiger partial charge < -0.3 is 4.90 Å². The molecular weight excluding hydrogens is 244 g/mol. The lowest BCUT2D eigenvalue weighted by atomic mass is 9.98. The molecule has 0 spiro atoms. The molecule has 18 heavy (non-hydrogen) atoms. The zero-order chi connectivity index (χ0) is 13.3. The van der Waals surface area contributed by atoms with Crippen molar-refractivity contribution < 1.29 is 4.79 Å². The van der Waals surface area contributed by atoms with Gasteiger partial charge >= 0.3 is 0 Å². The van der Waals surface area contributed by atoms with Crippen LogP contribution in [0.1, 0.15) is 45.8 Å². The van der Waals surface area contributed by atoms with Crippen LogP contribution in [0.2, 0.25) is 0 Å². The molecule has 4 unspecified atom stereocenters. The van der Waals surface area contributed by atoms with Crippen molar-refractivity contribution in [1.82, 2.24) is 10.2 Å². The van der Waals surface area contributed by atoms with E-state index in [0.29, 0.717) is 5.92 Å². The van der Waals surface area contributed by atoms with Gasteiger partial charge in [-0.05, 0) is 42.2 Å². The number of thiophene rings is 1. The summed E-state index contributed by atoms with van der Waals surface area (Å²) in [6.07, 6.45) is 1.14. The van der Waals surface area contributed by atoms with Crippen molar-refractivity contribution in [3.63, 3.8) is 0 Å². The van der Waals surface area contributed by atoms with E-state index in [9.17, 15) is 4.79 Å². The van der Waals surface area contributed by atoms with Crippen LogP contribution in [-0.2, 0) is 4.79 Å². The van der Waals surface area contributed by atoms with E-state index >= 15 is 0 Å². The Labute approximate surface area is 113 Å². The van der Waals surface area contributed by atoms with Gasteiger partial charge in [-0.1, -0.05) is 20.3 Å². The molecular formula is C14H22N2OS. The third kappa shape index (κ3) is 2.31. The molecule has 1 saturated heterocycles. The summed E-state index contributed by atoms with van der Waals surface area (Å²) < 4.78 is 0. The topological polar surface area (TPSA) is 32.3 Å². The number of carbonyl (C=O) groups excluding carboxylic acids is 1. The summed E-state index contributed by atoms with van der Waals surface area (Å²) in [5.41, 5.74) is 1.20. The fourth-order valence-electron chi connectivity index (χ4n) is 2.48. The van der Waals surface area contributed by atoms with Gasteiger partial charge in [-0.2, -0.15) is 11.3 Å². The normalized spacial score (nSPS) is 27.6. The molecule has 4 heteroatoms. The van der Waals surface area contributed by atoms with Crippen molar-refractivity contribution in [2.75, 3.05) is 0 Å². The summed E-state index contributed by atoms with van der Waals surface area (Å²) in [5.74, 6) is 0.737. The minimum absolute atomic E-state index is 0.0442. The first-order valence-corrected chi connectivity index (χ1v) is 7.60. The van der Waals surface area contributed by atoms with E-state index in [2.05, 4.69) is 42.9 Å². The van der Waals surface area contributed by atoms with Crippen molar-refractivity contribution in [2.45, 2.75) is 52.4 Å². The first kappa shape index (κ1) is 13.6. The predicted molar refractivity (Wildman–Crippen MR) is 75.4 cm³/mol. The van der Waals surface area contributed by atoms with Crippen LogP contribution >= 0.6 is 11.3 Å². The van der Waals surface area contributed by atoms with Gasteiger partial charge in [0.25, 0.3) is 0 Å². The summed E-state index contributed by atoms with van der Waals surface area (Å²) in [5, 5.41) is 7.59. The number of rotatable bonds is 4. The van der Waals surface area contributed by atoms with Gasteiger partial charge in [-0.25, -0.2) is 0 Å². The lowest BCUT2D eigenvalue weighted by molar-refractivity contribution is -0.132. The molecule has 2 rings (SSSR count). The second-order valence-corrected chi connectivity index (χ2v) is 6.00. The predicted octanol–water partition coefficient (Wildman–Crippen LogP) is 3.00. The van der Waals surface area contributed by atoms with E-state index in [1.807, 2.05) is 11.8 Å². The van der Waals surface area contributed by atoms with Gasteiger partial charge in [0, 0.05) is 6.04 Å². The fraction of sp³-hybridized carbons (Fsp3) is 0.643. The van der Waals surface area contributed by atoms with Crippen molar-refractivity contribution in [1.29, 1.82) is 0 Å². The molecule has 0 bridgehead atoms. The average Bonchev–Trinajstić information content (AvgIpc) is 2.97. The quantitative estimate of drug-likeness (QED) is 0.908. The standard InChI is InChI=1S/C14H22N2OS/c1-5-9(2)11(4)16-13(12-6-7-18-8-12)15-10(3)14(16)17/h6-11,13,15H,5H2,1-4H3. The molecule has 100 valence electrons. The molecule has 0 radical (unpaired) electrons. The van der Waals surface area contributed by atoms with Crippen molar-refractivity contribution in [3.05, 3.63) is 22.4 Å². The van der Waals surface area contributed by atoms with Crippen LogP contribution in [0.3, 0.4) is 0 Å². The molecule has 0 aromatic carbocycles. The van der Waals surface area contributed by atoms with Gasteiger partial charge in [0.2, 0.25) is 5.91 Å². The van der Waals surface area contributed by atoms with Crippen molar-refractivity contribution >= 4 is 17.2 Å². The minimum Gasteiger partial charge on any atom is -0.319 e. The second kappa shape index (κ2) is 5.41. The molecule has 1 amide bonds. The summed E-state index contributed by atoms with van der Waals surface area (Å²) >= 11 is 1.68. The molecule has 4 atom stereocenters. The Kier molecular flexibility index (Phi) is 4.07. The van der Waals surface area contributed by atoms with Crippen LogP contribution in [0, 0.1) is 5.92 Å². The minimum atomic E-state index is -0.0820. The van der Waals surface area contributed by atoms with E-state index in [1.54, 1.807) is 11.3 Å². The van der Waals surface area contributed by atoms with Crippen LogP contribution in [-0.4, -0.2) is 22.9 Å². The highest BCUT2D eigenvalue weighted by molar-refractivity contribution is 7.07. The number of carbonyl (C=O) groups is 1. The van der Waals surface area contributed by atoms with E-state index in [0.717, 1.165) is 6.42 Å². The van der Waals surface area contributed by atoms with Gasteiger partial charge in [0.1, 0.15) is 6.17 Å². The van der Waals surface area contributed by atoms with E-state index in [4.69, 9.17) is 0 Å². The largest absolute Gasteiger partial charge is 0.319 e. The number of nitrogens with one attached hydrogen (secondary N) is 1. The molecule has 0 saturated carbocycles. The summed E-state index contributed by atoms with van der Waals surface area (Å²) in [4.78, 5) is 14.4. The van der Waals surface area contributed by atoms with Crippen LogP contribution in [0.5, 0.6) is 0 Å². The highest BCUT2D eigenvalue weighted by Gasteiger charge is 2.40. The number of nitrogens with zero attached hydrogens (tertiary/aromatic N) is 1. The first-order valence-electron chi connectivity index (χ1n) is 6.66. The average molecular weight is 266 g/mol. The molecule has 2 heterocycles. The monoisotopic (exact) mass is 266 g/mol. The maximum Gasteiger partial charge on any atom is 0.241 e. The second-order valence-electron chi connectivity index (χ2n) is 5.22. The molecule has 0 aliphatic carbocycles. The Balaban J connectivity index is 2.26. The molecule has 1 N–H and O–H groups in total. The van der Waals surface area contributed by atoms with Crippen molar-refractivity contribution in [2.24, 2.45) is 5.92 Å². The van der Waals surface area contributed by atoms with Crippen LogP contribution in [0.15, 0.2) is 16.8 Å². The van der Waals surface area contributed by atoms with Crippen LogP contribution in [0.25, 0.3) is 0 Å². The molecule has 1 aromatic rings. The maximum atomic E-state index is 12.3. The number of hydrogen-bond acceptors (Lipinski definition) is 3. The zero-order valence-corrected chi connectivity index (χ0v) is 12.3. The molecule has 1 fully saturated rings. The van der Waals surface area contributed by atoms with Gasteiger partial charge in [0.05, 0.1) is 6.04 Å². The highest BCUT2D eigenvalue weighted by atomic mass is 32.1. The summed E-state index contributed by atoms with van der Waals surface area (Å²) in [7, 11) is 0. The van der Waals surface area contributed by atoms with Crippen LogP contribution < -0.4 is 5.32 Å². The van der Waals surface area contributed by atoms with Gasteiger partial charge in [-0.15, -0.1) is 0 Å². The fourth-order valence-corrected chi connectivity index (χ4v) is 3.16. The molecule has 1 aromatic heterocycles. The first-order chi connectivity index (χ1) is 8.56.